The van der Waals surface area contributed by atoms with Gasteiger partial charge in [-0.15, -0.1) is 10.2 Å². The maximum Gasteiger partial charge on any atom is 0.230 e. The van der Waals surface area contributed by atoms with Crippen LogP contribution in [0.4, 0.5) is 4.39 Å². The molecule has 0 aliphatic heterocycles. The van der Waals surface area contributed by atoms with Crippen molar-refractivity contribution in [1.82, 2.24) is 20.1 Å². The highest BCUT2D eigenvalue weighted by Gasteiger charge is 2.18. The first kappa shape index (κ1) is 22.5. The Morgan fingerprint density at radius 2 is 1.66 bits per heavy atom. The number of thioether (sulfide) groups is 1. The molecule has 7 heteroatoms. The van der Waals surface area contributed by atoms with Gasteiger partial charge in [0.25, 0.3) is 0 Å². The molecule has 32 heavy (non-hydrogen) atoms. The molecule has 168 valence electrons. The van der Waals surface area contributed by atoms with Crippen molar-refractivity contribution in [1.29, 1.82) is 0 Å². The van der Waals surface area contributed by atoms with E-state index in [1.807, 2.05) is 34.9 Å². The van der Waals surface area contributed by atoms with E-state index >= 15 is 0 Å². The van der Waals surface area contributed by atoms with Crippen LogP contribution in [-0.4, -0.2) is 32.5 Å². The summed E-state index contributed by atoms with van der Waals surface area (Å²) >= 11 is 1.39. The van der Waals surface area contributed by atoms with Gasteiger partial charge in [0.05, 0.1) is 12.3 Å². The number of rotatable bonds is 7. The Morgan fingerprint density at radius 1 is 0.969 bits per heavy atom. The van der Waals surface area contributed by atoms with Crippen LogP contribution in [0, 0.1) is 5.82 Å². The summed E-state index contributed by atoms with van der Waals surface area (Å²) in [6, 6.07) is 16.6. The molecule has 0 atom stereocenters. The molecule has 2 aromatic carbocycles. The average molecular weight is 453 g/mol. The van der Waals surface area contributed by atoms with Gasteiger partial charge in [-0.05, 0) is 42.7 Å². The molecular weight excluding hydrogens is 423 g/mol. The van der Waals surface area contributed by atoms with Crippen molar-refractivity contribution in [3.05, 3.63) is 66.0 Å². The second-order valence-corrected chi connectivity index (χ2v) is 9.23. The largest absolute Gasteiger partial charge is 0.353 e. The lowest BCUT2D eigenvalue weighted by molar-refractivity contribution is -0.119. The van der Waals surface area contributed by atoms with E-state index in [9.17, 15) is 9.18 Å². The topological polar surface area (TPSA) is 59.8 Å². The Kier molecular flexibility index (Phi) is 7.93. The third-order valence-corrected chi connectivity index (χ3v) is 6.77. The van der Waals surface area contributed by atoms with Crippen LogP contribution in [0.1, 0.15) is 50.5 Å². The molecule has 4 rings (SSSR count). The molecule has 3 aromatic rings. The summed E-state index contributed by atoms with van der Waals surface area (Å²) in [4.78, 5) is 12.6. The smallest absolute Gasteiger partial charge is 0.230 e. The average Bonchev–Trinajstić information content (AvgIpc) is 3.18. The van der Waals surface area contributed by atoms with Crippen LogP contribution in [0.15, 0.2) is 59.8 Å². The van der Waals surface area contributed by atoms with Crippen LogP contribution in [0.5, 0.6) is 0 Å². The molecule has 0 unspecified atom stereocenters. The third kappa shape index (κ3) is 6.19. The highest BCUT2D eigenvalue weighted by Crippen LogP contribution is 2.26. The lowest BCUT2D eigenvalue weighted by Gasteiger charge is -2.20. The minimum atomic E-state index is -0.289. The van der Waals surface area contributed by atoms with Crippen molar-refractivity contribution in [2.24, 2.45) is 0 Å². The Hall–Kier alpha value is -2.67. The van der Waals surface area contributed by atoms with E-state index in [0.29, 0.717) is 23.3 Å². The van der Waals surface area contributed by atoms with Gasteiger partial charge >= 0.3 is 0 Å². The van der Waals surface area contributed by atoms with E-state index in [0.717, 1.165) is 24.0 Å². The van der Waals surface area contributed by atoms with Crippen LogP contribution in [0.3, 0.4) is 0 Å². The number of halogens is 1. The summed E-state index contributed by atoms with van der Waals surface area (Å²) in [6.45, 7) is 0.577. The van der Waals surface area contributed by atoms with E-state index in [4.69, 9.17) is 0 Å². The number of hydrogen-bond donors (Lipinski definition) is 1. The highest BCUT2D eigenvalue weighted by atomic mass is 32.2. The molecule has 0 saturated heterocycles. The molecule has 1 saturated carbocycles. The molecule has 0 radical (unpaired) electrons. The van der Waals surface area contributed by atoms with Crippen molar-refractivity contribution in [2.45, 2.75) is 62.7 Å². The van der Waals surface area contributed by atoms with Gasteiger partial charge in [-0.25, -0.2) is 4.39 Å². The molecule has 1 aliphatic carbocycles. The number of carbonyl (C=O) groups is 1. The highest BCUT2D eigenvalue weighted by molar-refractivity contribution is 7.99. The number of nitrogens with one attached hydrogen (secondary N) is 1. The molecule has 0 bridgehead atoms. The Labute approximate surface area is 192 Å². The van der Waals surface area contributed by atoms with Gasteiger partial charge in [-0.2, -0.15) is 0 Å². The second-order valence-electron chi connectivity index (χ2n) is 8.28. The zero-order valence-electron chi connectivity index (χ0n) is 18.2. The summed E-state index contributed by atoms with van der Waals surface area (Å²) < 4.78 is 15.4. The molecule has 5 nitrogen and oxygen atoms in total. The van der Waals surface area contributed by atoms with E-state index < -0.39 is 0 Å². The van der Waals surface area contributed by atoms with Gasteiger partial charge in [-0.3, -0.25) is 9.36 Å². The summed E-state index contributed by atoms with van der Waals surface area (Å²) in [5, 5.41) is 12.6. The number of aromatic nitrogens is 3. The summed E-state index contributed by atoms with van der Waals surface area (Å²) in [5.74, 6) is 0.714. The minimum absolute atomic E-state index is 0.0400. The molecule has 1 aliphatic rings. The number of amides is 1. The van der Waals surface area contributed by atoms with Gasteiger partial charge in [-0.1, -0.05) is 74.2 Å². The molecule has 1 fully saturated rings. The number of hydrogen-bond acceptors (Lipinski definition) is 4. The third-order valence-electron chi connectivity index (χ3n) is 5.81. The first-order valence-electron chi connectivity index (χ1n) is 11.3. The fourth-order valence-electron chi connectivity index (χ4n) is 4.12. The maximum absolute atomic E-state index is 13.4. The number of benzene rings is 2. The summed E-state index contributed by atoms with van der Waals surface area (Å²) in [5.41, 5.74) is 1.90. The first-order chi connectivity index (χ1) is 15.7. The van der Waals surface area contributed by atoms with Gasteiger partial charge in [0.15, 0.2) is 11.0 Å². The molecular formula is C25H29FN4OS. The SMILES string of the molecule is O=C(CSc1nnc(-c2ccc(F)cc2)n1Cc1ccccc1)NC1CCCCCCC1. The van der Waals surface area contributed by atoms with Gasteiger partial charge < -0.3 is 5.32 Å². The van der Waals surface area contributed by atoms with Crippen LogP contribution in [0.2, 0.25) is 0 Å². The normalized spacial score (nSPS) is 15.2. The predicted molar refractivity (Wildman–Crippen MR) is 126 cm³/mol. The molecule has 1 aromatic heterocycles. The number of nitrogens with zero attached hydrogens (tertiary/aromatic N) is 3. The van der Waals surface area contributed by atoms with Crippen molar-refractivity contribution in [2.75, 3.05) is 5.75 Å². The van der Waals surface area contributed by atoms with Crippen LogP contribution in [-0.2, 0) is 11.3 Å². The summed E-state index contributed by atoms with van der Waals surface area (Å²) in [6.07, 6.45) is 8.33. The van der Waals surface area contributed by atoms with Crippen LogP contribution >= 0.6 is 11.8 Å². The van der Waals surface area contributed by atoms with Crippen molar-refractivity contribution in [3.8, 4) is 11.4 Å². The van der Waals surface area contributed by atoms with Crippen molar-refractivity contribution < 1.29 is 9.18 Å². The van der Waals surface area contributed by atoms with Crippen molar-refractivity contribution in [3.63, 3.8) is 0 Å². The van der Waals surface area contributed by atoms with E-state index in [1.165, 1.54) is 56.0 Å². The predicted octanol–water partition coefficient (Wildman–Crippen LogP) is 5.45. The fraction of sp³-hybridized carbons (Fsp3) is 0.400. The molecule has 1 amide bonds. The number of carbonyl (C=O) groups excluding carboxylic acids is 1. The fourth-order valence-corrected chi connectivity index (χ4v) is 4.87. The standard InChI is InChI=1S/C25H29FN4OS/c26-21-15-13-20(14-16-21)24-28-29-25(30(24)17-19-9-5-4-6-10-19)32-18-23(31)27-22-11-7-2-1-3-8-12-22/h4-6,9-10,13-16,22H,1-3,7-8,11-12,17-18H2,(H,27,31). The van der Waals surface area contributed by atoms with Gasteiger partial charge in [0.1, 0.15) is 5.82 Å². The molecule has 1 heterocycles. The van der Waals surface area contributed by atoms with Gasteiger partial charge in [0.2, 0.25) is 5.91 Å². The zero-order chi connectivity index (χ0) is 22.2. The van der Waals surface area contributed by atoms with Crippen LogP contribution < -0.4 is 5.32 Å². The van der Waals surface area contributed by atoms with Crippen LogP contribution in [0.25, 0.3) is 11.4 Å². The molecule has 0 spiro atoms. The quantitative estimate of drug-likeness (QED) is 0.484. The molecule has 1 N–H and O–H groups in total. The Balaban J connectivity index is 1.47. The van der Waals surface area contributed by atoms with Gasteiger partial charge in [0, 0.05) is 11.6 Å². The zero-order valence-corrected chi connectivity index (χ0v) is 19.0. The second kappa shape index (κ2) is 11.3. The van der Waals surface area contributed by atoms with E-state index in [1.54, 1.807) is 12.1 Å². The Morgan fingerprint density at radius 3 is 2.38 bits per heavy atom. The van der Waals surface area contributed by atoms with E-state index in [2.05, 4.69) is 15.5 Å². The first-order valence-corrected chi connectivity index (χ1v) is 12.3. The van der Waals surface area contributed by atoms with E-state index in [-0.39, 0.29) is 17.8 Å². The Bertz CT molecular complexity index is 999. The van der Waals surface area contributed by atoms with Crippen molar-refractivity contribution >= 4 is 17.7 Å². The lowest BCUT2D eigenvalue weighted by Crippen LogP contribution is -2.36. The monoisotopic (exact) mass is 452 g/mol. The maximum atomic E-state index is 13.4. The lowest BCUT2D eigenvalue weighted by atomic mass is 9.97. The minimum Gasteiger partial charge on any atom is -0.353 e. The summed E-state index contributed by atoms with van der Waals surface area (Å²) in [7, 11) is 0.